The molecule has 0 spiro atoms. The number of fused-ring (bicyclic) bond motifs is 6. The summed E-state index contributed by atoms with van der Waals surface area (Å²) in [6, 6.07) is 14.9. The minimum atomic E-state index is -0.635. The molecule has 8 atom stereocenters. The van der Waals surface area contributed by atoms with E-state index in [2.05, 4.69) is 24.1 Å². The number of esters is 2. The van der Waals surface area contributed by atoms with Crippen molar-refractivity contribution >= 4 is 45.9 Å². The topological polar surface area (TPSA) is 175 Å². The van der Waals surface area contributed by atoms with Crippen molar-refractivity contribution in [1.29, 1.82) is 0 Å². The Morgan fingerprint density at radius 1 is 0.982 bits per heavy atom. The number of Topliss-reactive ketones (excluding diaryl/α,β-unsaturated/α-hetero) is 1. The van der Waals surface area contributed by atoms with Gasteiger partial charge in [-0.05, 0) is 96.2 Å². The highest BCUT2D eigenvalue weighted by Gasteiger charge is 2.62. The van der Waals surface area contributed by atoms with Crippen LogP contribution in [-0.2, 0) is 39.9 Å². The number of benzene rings is 2. The summed E-state index contributed by atoms with van der Waals surface area (Å²) in [5.41, 5.74) is 8.67. The average molecular weight is 762 g/mol. The zero-order valence-corrected chi connectivity index (χ0v) is 32.1. The van der Waals surface area contributed by atoms with Gasteiger partial charge in [0.05, 0.1) is 31.5 Å². The van der Waals surface area contributed by atoms with Gasteiger partial charge in [-0.2, -0.15) is 0 Å². The Hall–Kier alpha value is -5.00. The number of rotatable bonds is 13. The molecule has 0 aliphatic heterocycles. The minimum Gasteiger partial charge on any atom is -0.465 e. The van der Waals surface area contributed by atoms with Crippen molar-refractivity contribution in [2.45, 2.75) is 77.2 Å². The van der Waals surface area contributed by atoms with E-state index in [9.17, 15) is 29.1 Å². The van der Waals surface area contributed by atoms with E-state index < -0.39 is 29.4 Å². The maximum absolute atomic E-state index is 13.5. The van der Waals surface area contributed by atoms with E-state index in [1.807, 2.05) is 54.6 Å². The zero-order valence-electron chi connectivity index (χ0n) is 32.1. The summed E-state index contributed by atoms with van der Waals surface area (Å²) >= 11 is 0. The van der Waals surface area contributed by atoms with Crippen LogP contribution in [-0.4, -0.2) is 65.4 Å². The van der Waals surface area contributed by atoms with Gasteiger partial charge in [-0.1, -0.05) is 55.8 Å². The van der Waals surface area contributed by atoms with Crippen molar-refractivity contribution in [2.24, 2.45) is 40.2 Å². The lowest BCUT2D eigenvalue weighted by Gasteiger charge is -2.58. The summed E-state index contributed by atoms with van der Waals surface area (Å²) in [7, 11) is 0. The molecule has 0 radical (unpaired) electrons. The molecule has 1 aromatic heterocycles. The molecule has 56 heavy (non-hydrogen) atoms. The Balaban J connectivity index is 0.827. The van der Waals surface area contributed by atoms with Crippen LogP contribution >= 0.6 is 0 Å². The second-order valence-corrected chi connectivity index (χ2v) is 16.5. The van der Waals surface area contributed by atoms with Crippen LogP contribution in [0.1, 0.15) is 75.8 Å². The number of aliphatic hydroxyl groups excluding tert-OH is 1. The number of nitrogens with zero attached hydrogens (tertiary/aromatic N) is 1. The molecule has 294 valence electrons. The van der Waals surface area contributed by atoms with E-state index in [-0.39, 0.29) is 79.2 Å². The third-order valence-corrected chi connectivity index (χ3v) is 13.3. The van der Waals surface area contributed by atoms with Gasteiger partial charge in [0.2, 0.25) is 5.91 Å². The van der Waals surface area contributed by atoms with E-state index in [4.69, 9.17) is 15.2 Å². The quantitative estimate of drug-likeness (QED) is 0.181. The second kappa shape index (κ2) is 16.2. The van der Waals surface area contributed by atoms with E-state index in [0.717, 1.165) is 46.7 Å². The smallest absolute Gasteiger partial charge is 0.306 e. The van der Waals surface area contributed by atoms with Crippen molar-refractivity contribution in [2.75, 3.05) is 25.1 Å². The average Bonchev–Trinajstić information content (AvgIpc) is 3.53. The first-order valence-corrected chi connectivity index (χ1v) is 19.8. The fourth-order valence-electron chi connectivity index (χ4n) is 10.4. The van der Waals surface area contributed by atoms with Gasteiger partial charge in [0.1, 0.15) is 6.61 Å². The van der Waals surface area contributed by atoms with Crippen molar-refractivity contribution in [3.05, 3.63) is 95.9 Å². The van der Waals surface area contributed by atoms with Gasteiger partial charge in [-0.25, -0.2) is 0 Å². The Morgan fingerprint density at radius 3 is 2.52 bits per heavy atom. The number of amides is 1. The number of pyridine rings is 1. The molecular weight excluding hydrogens is 711 g/mol. The van der Waals surface area contributed by atoms with Gasteiger partial charge in [0, 0.05) is 53.7 Å². The van der Waals surface area contributed by atoms with Gasteiger partial charge in [-0.3, -0.25) is 29.0 Å². The number of ketones is 2. The number of hydrogen-bond acceptors (Lipinski definition) is 10. The van der Waals surface area contributed by atoms with Crippen LogP contribution < -0.4 is 11.1 Å². The highest BCUT2D eigenvalue weighted by molar-refractivity contribution is 6.01. The monoisotopic (exact) mass is 761 g/mol. The number of allylic oxidation sites excluding steroid dienone is 4. The summed E-state index contributed by atoms with van der Waals surface area (Å²) < 4.78 is 10.7. The van der Waals surface area contributed by atoms with Gasteiger partial charge in [0.25, 0.3) is 0 Å². The second-order valence-electron chi connectivity index (χ2n) is 16.5. The first kappa shape index (κ1) is 39.2. The van der Waals surface area contributed by atoms with Gasteiger partial charge in [-0.15, -0.1) is 0 Å². The lowest BCUT2D eigenvalue weighted by atomic mass is 9.46. The van der Waals surface area contributed by atoms with Crippen molar-refractivity contribution in [3.63, 3.8) is 0 Å². The number of hydrogen-bond donors (Lipinski definition) is 3. The number of ether oxygens (including phenoxy) is 2. The number of carbonyl (C=O) groups excluding carboxylic acids is 5. The Labute approximate surface area is 327 Å². The highest BCUT2D eigenvalue weighted by atomic mass is 16.5. The van der Waals surface area contributed by atoms with Crippen LogP contribution in [0.25, 0.3) is 10.8 Å². The number of carbonyl (C=O) groups is 5. The van der Waals surface area contributed by atoms with E-state index in [1.165, 1.54) is 0 Å². The molecule has 4 N–H and O–H groups in total. The van der Waals surface area contributed by atoms with Gasteiger partial charge < -0.3 is 25.6 Å². The molecule has 1 amide bonds. The molecule has 7 rings (SSSR count). The predicted molar refractivity (Wildman–Crippen MR) is 210 cm³/mol. The summed E-state index contributed by atoms with van der Waals surface area (Å²) in [5.74, 6) is -1.92. The van der Waals surface area contributed by atoms with Crippen LogP contribution in [0.3, 0.4) is 0 Å². The number of aliphatic hydroxyl groups is 1. The molecular formula is C45H51N3O8. The van der Waals surface area contributed by atoms with Gasteiger partial charge >= 0.3 is 11.9 Å². The third kappa shape index (κ3) is 7.84. The molecule has 11 nitrogen and oxygen atoms in total. The maximum Gasteiger partial charge on any atom is 0.306 e. The molecule has 3 saturated carbocycles. The van der Waals surface area contributed by atoms with Crippen LogP contribution in [0.5, 0.6) is 0 Å². The molecule has 3 aromatic rings. The molecule has 2 aromatic carbocycles. The fraction of sp³-hybridized carbons (Fsp3) is 0.467. The standard InChI is InChI=1S/C45H51N3O8/c1-44-18-15-33(49)22-31(44)8-10-34-36-11-12-37(45(36,2)23-38(50)42(34)44)39(51)26-56-41(53)14-13-40(52)55-20-17-27-3-5-28(6-4-27)35(24-46)43(54)48-32-9-7-30-25-47-19-16-29(30)21-32/h3-7,9,15-16,18-19,21-22,25,34-38,42,50H,8,10-14,17,20,23-24,26,46H2,1-2H3,(H,48,54)/t34-,35?,36?,37+,38-,42?,44-,45-/m0/s1. The number of nitrogens with two attached hydrogens (primary N) is 1. The molecule has 4 aliphatic carbocycles. The van der Waals surface area contributed by atoms with Crippen LogP contribution in [0.2, 0.25) is 0 Å². The summed E-state index contributed by atoms with van der Waals surface area (Å²) in [6.45, 7) is 4.12. The zero-order chi connectivity index (χ0) is 39.6. The number of anilines is 1. The normalized spacial score (nSPS) is 28.3. The third-order valence-electron chi connectivity index (χ3n) is 13.3. The first-order chi connectivity index (χ1) is 26.9. The number of aromatic nitrogens is 1. The van der Waals surface area contributed by atoms with E-state index in [0.29, 0.717) is 24.9 Å². The highest BCUT2D eigenvalue weighted by Crippen LogP contribution is 2.66. The molecule has 3 fully saturated rings. The maximum atomic E-state index is 13.5. The molecule has 3 unspecified atom stereocenters. The van der Waals surface area contributed by atoms with Crippen molar-refractivity contribution in [3.8, 4) is 0 Å². The molecule has 0 bridgehead atoms. The summed E-state index contributed by atoms with van der Waals surface area (Å²) in [6.07, 6.45) is 12.0. The fourth-order valence-corrected chi connectivity index (χ4v) is 10.4. The Bertz CT molecular complexity index is 2080. The largest absolute Gasteiger partial charge is 0.465 e. The first-order valence-electron chi connectivity index (χ1n) is 19.8. The predicted octanol–water partition coefficient (Wildman–Crippen LogP) is 5.79. The van der Waals surface area contributed by atoms with E-state index in [1.54, 1.807) is 24.5 Å². The van der Waals surface area contributed by atoms with Crippen LogP contribution in [0, 0.1) is 34.5 Å². The molecule has 4 aliphatic rings. The lowest BCUT2D eigenvalue weighted by Crippen LogP contribution is -2.56. The van der Waals surface area contributed by atoms with Gasteiger partial charge in [0.15, 0.2) is 11.6 Å². The SMILES string of the molecule is C[C@]12C=CC(=O)C=C1CC[C@@H]1C2[C@@H](O)C[C@@]2(C)C1CC[C@@H]2C(=O)COC(=O)CCC(=O)OCCc1ccc(C(CN)C(=O)Nc2ccc3cnccc3c2)cc1. The number of nitrogens with one attached hydrogen (secondary N) is 1. The van der Waals surface area contributed by atoms with Crippen molar-refractivity contribution in [1.82, 2.24) is 4.98 Å². The lowest BCUT2D eigenvalue weighted by molar-refractivity contribution is -0.155. The van der Waals surface area contributed by atoms with Crippen LogP contribution in [0.4, 0.5) is 5.69 Å². The van der Waals surface area contributed by atoms with Crippen molar-refractivity contribution < 1.29 is 38.6 Å². The van der Waals surface area contributed by atoms with E-state index >= 15 is 0 Å². The Morgan fingerprint density at radius 2 is 1.75 bits per heavy atom. The molecule has 11 heteroatoms. The Kier molecular flexibility index (Phi) is 11.4. The summed E-state index contributed by atoms with van der Waals surface area (Å²) in [4.78, 5) is 67.8. The minimum absolute atomic E-state index is 0.00111. The molecule has 0 saturated heterocycles. The summed E-state index contributed by atoms with van der Waals surface area (Å²) in [5, 5.41) is 16.5. The van der Waals surface area contributed by atoms with Crippen LogP contribution in [0.15, 0.2) is 84.7 Å². The molecule has 1 heterocycles.